The van der Waals surface area contributed by atoms with Crippen LogP contribution in [0.2, 0.25) is 0 Å². The average Bonchev–Trinajstić information content (AvgIpc) is 3.06. The second-order valence-electron chi connectivity index (χ2n) is 4.92. The van der Waals surface area contributed by atoms with E-state index in [1.807, 2.05) is 0 Å². The van der Waals surface area contributed by atoms with Crippen LogP contribution in [0.5, 0.6) is 0 Å². The average molecular weight is 350 g/mol. The molecule has 0 N–H and O–H groups in total. The summed E-state index contributed by atoms with van der Waals surface area (Å²) in [6, 6.07) is 2.97. The van der Waals surface area contributed by atoms with Gasteiger partial charge >= 0.3 is 5.97 Å². The molecule has 0 amide bonds. The summed E-state index contributed by atoms with van der Waals surface area (Å²) in [6.07, 6.45) is 2.17. The van der Waals surface area contributed by atoms with Crippen molar-refractivity contribution in [1.82, 2.24) is 9.38 Å². The van der Waals surface area contributed by atoms with Gasteiger partial charge in [-0.05, 0) is 25.1 Å². The van der Waals surface area contributed by atoms with Gasteiger partial charge in [-0.25, -0.2) is 13.8 Å². The zero-order valence-corrected chi connectivity index (χ0v) is 13.4. The number of benzene rings is 1. The van der Waals surface area contributed by atoms with E-state index in [2.05, 4.69) is 4.98 Å². The number of carbonyl (C=O) groups is 2. The molecule has 2 aromatic heterocycles. The lowest BCUT2D eigenvalue weighted by Crippen LogP contribution is -2.06. The maximum absolute atomic E-state index is 14.0. The molecule has 3 aromatic rings. The van der Waals surface area contributed by atoms with Crippen molar-refractivity contribution in [3.05, 3.63) is 46.6 Å². The Bertz CT molecular complexity index is 933. The van der Waals surface area contributed by atoms with Crippen LogP contribution in [-0.2, 0) is 16.0 Å². The van der Waals surface area contributed by atoms with Crippen molar-refractivity contribution in [3.8, 4) is 11.3 Å². The molecule has 0 saturated carbocycles. The lowest BCUT2D eigenvalue weighted by molar-refractivity contribution is -0.142. The maximum atomic E-state index is 14.0. The van der Waals surface area contributed by atoms with E-state index >= 15 is 0 Å². The van der Waals surface area contributed by atoms with Gasteiger partial charge in [0.2, 0.25) is 0 Å². The minimum absolute atomic E-state index is 0.0593. The van der Waals surface area contributed by atoms with Gasteiger partial charge in [0.25, 0.3) is 0 Å². The van der Waals surface area contributed by atoms with Crippen LogP contribution in [0.4, 0.5) is 8.78 Å². The third kappa shape index (κ3) is 2.92. The van der Waals surface area contributed by atoms with Gasteiger partial charge in [0.1, 0.15) is 23.0 Å². The lowest BCUT2D eigenvalue weighted by Gasteiger charge is -2.01. The second-order valence-corrected chi connectivity index (χ2v) is 6.01. The number of rotatable bonds is 5. The normalized spacial score (nSPS) is 11.0. The molecule has 0 fully saturated rings. The zero-order valence-electron chi connectivity index (χ0n) is 12.6. The molecule has 0 aliphatic rings. The molecule has 0 unspecified atom stereocenters. The summed E-state index contributed by atoms with van der Waals surface area (Å²) < 4.78 is 33.7. The largest absolute Gasteiger partial charge is 0.466 e. The van der Waals surface area contributed by atoms with Crippen molar-refractivity contribution >= 4 is 28.6 Å². The summed E-state index contributed by atoms with van der Waals surface area (Å²) in [5.41, 5.74) is 0.0803. The molecule has 0 bridgehead atoms. The summed E-state index contributed by atoms with van der Waals surface area (Å²) in [5.74, 6) is -1.68. The van der Waals surface area contributed by atoms with Crippen LogP contribution in [-0.4, -0.2) is 28.2 Å². The quantitative estimate of drug-likeness (QED) is 0.523. The highest BCUT2D eigenvalue weighted by molar-refractivity contribution is 7.17. The Morgan fingerprint density at radius 2 is 2.21 bits per heavy atom. The number of aromatic nitrogens is 2. The standard InChI is InChI=1S/C16H12F2N2O3S/c1-2-23-14(22)6-10-7-20-13(8-21)15(19-16(20)24-10)11-5-9(17)3-4-12(11)18/h3-5,7-8H,2,6H2,1H3. The molecule has 3 rings (SSSR count). The van der Waals surface area contributed by atoms with Crippen LogP contribution in [0.1, 0.15) is 22.3 Å². The Morgan fingerprint density at radius 3 is 2.92 bits per heavy atom. The number of esters is 1. The first-order valence-electron chi connectivity index (χ1n) is 7.10. The number of hydrogen-bond donors (Lipinski definition) is 0. The fourth-order valence-corrected chi connectivity index (χ4v) is 3.30. The number of nitrogens with zero attached hydrogens (tertiary/aromatic N) is 2. The van der Waals surface area contributed by atoms with Crippen LogP contribution in [0.15, 0.2) is 24.4 Å². The van der Waals surface area contributed by atoms with Gasteiger partial charge in [0.15, 0.2) is 11.2 Å². The molecule has 0 aliphatic heterocycles. The van der Waals surface area contributed by atoms with Gasteiger partial charge in [-0.15, -0.1) is 11.3 Å². The molecule has 0 aliphatic carbocycles. The highest BCUT2D eigenvalue weighted by Crippen LogP contribution is 2.30. The Balaban J connectivity index is 2.05. The zero-order chi connectivity index (χ0) is 17.3. The van der Waals surface area contributed by atoms with E-state index in [1.165, 1.54) is 15.7 Å². The predicted molar refractivity (Wildman–Crippen MR) is 84.1 cm³/mol. The molecule has 2 heterocycles. The van der Waals surface area contributed by atoms with Crippen molar-refractivity contribution in [2.45, 2.75) is 13.3 Å². The van der Waals surface area contributed by atoms with E-state index in [9.17, 15) is 18.4 Å². The minimum atomic E-state index is -0.669. The van der Waals surface area contributed by atoms with E-state index in [0.717, 1.165) is 18.2 Å². The van der Waals surface area contributed by atoms with Gasteiger partial charge in [0, 0.05) is 16.6 Å². The van der Waals surface area contributed by atoms with E-state index in [-0.39, 0.29) is 35.9 Å². The second kappa shape index (κ2) is 6.48. The first-order chi connectivity index (χ1) is 11.5. The number of ether oxygens (including phenoxy) is 1. The number of halogens is 2. The topological polar surface area (TPSA) is 60.7 Å². The van der Waals surface area contributed by atoms with Gasteiger partial charge < -0.3 is 4.74 Å². The molecular weight excluding hydrogens is 338 g/mol. The summed E-state index contributed by atoms with van der Waals surface area (Å²) in [4.78, 5) is 28.3. The van der Waals surface area contributed by atoms with Crippen LogP contribution in [0.3, 0.4) is 0 Å². The van der Waals surface area contributed by atoms with Crippen LogP contribution in [0.25, 0.3) is 16.2 Å². The molecule has 0 saturated heterocycles. The first-order valence-corrected chi connectivity index (χ1v) is 7.92. The highest BCUT2D eigenvalue weighted by Gasteiger charge is 2.20. The maximum Gasteiger partial charge on any atom is 0.311 e. The van der Waals surface area contributed by atoms with Gasteiger partial charge in [-0.2, -0.15) is 0 Å². The van der Waals surface area contributed by atoms with Crippen molar-refractivity contribution in [3.63, 3.8) is 0 Å². The Hall–Kier alpha value is -2.61. The van der Waals surface area contributed by atoms with Crippen molar-refractivity contribution < 1.29 is 23.1 Å². The number of hydrogen-bond acceptors (Lipinski definition) is 5. The Kier molecular flexibility index (Phi) is 4.39. The molecule has 5 nitrogen and oxygen atoms in total. The number of aldehydes is 1. The summed E-state index contributed by atoms with van der Waals surface area (Å²) >= 11 is 1.18. The molecule has 124 valence electrons. The number of thiazole rings is 1. The molecule has 0 atom stereocenters. The number of imidazole rings is 1. The highest BCUT2D eigenvalue weighted by atomic mass is 32.1. The van der Waals surface area contributed by atoms with Crippen LogP contribution >= 0.6 is 11.3 Å². The Labute approximate surface area is 139 Å². The van der Waals surface area contributed by atoms with E-state index < -0.39 is 11.6 Å². The molecule has 24 heavy (non-hydrogen) atoms. The molecular formula is C16H12F2N2O3S. The number of carbonyl (C=O) groups excluding carboxylic acids is 2. The van der Waals surface area contributed by atoms with Crippen LogP contribution < -0.4 is 0 Å². The lowest BCUT2D eigenvalue weighted by atomic mass is 10.1. The van der Waals surface area contributed by atoms with Gasteiger partial charge in [-0.3, -0.25) is 14.0 Å². The molecule has 0 spiro atoms. The summed E-state index contributed by atoms with van der Waals surface area (Å²) in [7, 11) is 0. The fraction of sp³-hybridized carbons (Fsp3) is 0.188. The SMILES string of the molecule is CCOC(=O)Cc1cn2c(C=O)c(-c3cc(F)ccc3F)nc2s1. The molecule has 1 aromatic carbocycles. The predicted octanol–water partition coefficient (Wildman–Crippen LogP) is 3.26. The minimum Gasteiger partial charge on any atom is -0.466 e. The molecule has 8 heteroatoms. The van der Waals surface area contributed by atoms with E-state index in [4.69, 9.17) is 4.74 Å². The van der Waals surface area contributed by atoms with E-state index in [1.54, 1.807) is 13.1 Å². The first kappa shape index (κ1) is 16.3. The summed E-state index contributed by atoms with van der Waals surface area (Å²) in [5, 5.41) is 0. The third-order valence-electron chi connectivity index (χ3n) is 3.33. The smallest absolute Gasteiger partial charge is 0.311 e. The van der Waals surface area contributed by atoms with Crippen molar-refractivity contribution in [2.75, 3.05) is 6.61 Å². The van der Waals surface area contributed by atoms with Crippen molar-refractivity contribution in [1.29, 1.82) is 0 Å². The summed E-state index contributed by atoms with van der Waals surface area (Å²) in [6.45, 7) is 1.99. The third-order valence-corrected chi connectivity index (χ3v) is 4.31. The van der Waals surface area contributed by atoms with Gasteiger partial charge in [0.05, 0.1) is 13.0 Å². The van der Waals surface area contributed by atoms with E-state index in [0.29, 0.717) is 16.1 Å². The molecule has 0 radical (unpaired) electrons. The fourth-order valence-electron chi connectivity index (χ4n) is 2.33. The van der Waals surface area contributed by atoms with Crippen LogP contribution in [0, 0.1) is 11.6 Å². The van der Waals surface area contributed by atoms with Gasteiger partial charge in [-0.1, -0.05) is 0 Å². The Morgan fingerprint density at radius 1 is 1.42 bits per heavy atom. The van der Waals surface area contributed by atoms with Crippen molar-refractivity contribution in [2.24, 2.45) is 0 Å². The number of fused-ring (bicyclic) bond motifs is 1. The monoisotopic (exact) mass is 350 g/mol.